The molecule has 0 aliphatic carbocycles. The first kappa shape index (κ1) is 20.2. The number of piperidine rings is 2. The zero-order valence-corrected chi connectivity index (χ0v) is 16.0. The van der Waals surface area contributed by atoms with Gasteiger partial charge in [-0.1, -0.05) is 12.1 Å². The molecule has 0 saturated carbocycles. The molecular formula is C20H30FN3O3. The third kappa shape index (κ3) is 5.04. The maximum absolute atomic E-state index is 13.1. The van der Waals surface area contributed by atoms with E-state index in [2.05, 4.69) is 10.2 Å². The topological polar surface area (TPSA) is 76.0 Å². The van der Waals surface area contributed by atoms with Gasteiger partial charge in [0, 0.05) is 39.3 Å². The zero-order valence-electron chi connectivity index (χ0n) is 16.0. The van der Waals surface area contributed by atoms with Gasteiger partial charge in [-0.25, -0.2) is 4.39 Å². The van der Waals surface area contributed by atoms with Gasteiger partial charge in [0.2, 0.25) is 0 Å². The number of aliphatic hydroxyl groups is 2. The minimum atomic E-state index is -1.46. The molecule has 2 saturated heterocycles. The van der Waals surface area contributed by atoms with Crippen LogP contribution >= 0.6 is 0 Å². The minimum absolute atomic E-state index is 0.129. The molecule has 6 nitrogen and oxygen atoms in total. The minimum Gasteiger partial charge on any atom is -0.388 e. The van der Waals surface area contributed by atoms with Gasteiger partial charge >= 0.3 is 0 Å². The van der Waals surface area contributed by atoms with Crippen LogP contribution in [0.4, 0.5) is 4.39 Å². The molecule has 0 aromatic heterocycles. The summed E-state index contributed by atoms with van der Waals surface area (Å²) in [5.74, 6) is -0.614. The van der Waals surface area contributed by atoms with Crippen molar-refractivity contribution < 1.29 is 19.4 Å². The normalized spacial score (nSPS) is 26.4. The Hall–Kier alpha value is -1.54. The van der Waals surface area contributed by atoms with Crippen molar-refractivity contribution in [3.05, 3.63) is 35.6 Å². The van der Waals surface area contributed by atoms with E-state index in [-0.39, 0.29) is 18.3 Å². The number of rotatable bonds is 6. The molecule has 1 aromatic rings. The highest BCUT2D eigenvalue weighted by molar-refractivity contribution is 5.86. The molecule has 0 unspecified atom stereocenters. The highest BCUT2D eigenvalue weighted by atomic mass is 19.1. The average molecular weight is 379 g/mol. The number of halogens is 1. The molecule has 7 heteroatoms. The molecule has 27 heavy (non-hydrogen) atoms. The molecule has 3 N–H and O–H groups in total. The van der Waals surface area contributed by atoms with Gasteiger partial charge in [0.05, 0.1) is 5.60 Å². The van der Waals surface area contributed by atoms with Gasteiger partial charge in [0.15, 0.2) is 5.60 Å². The Kier molecular flexibility index (Phi) is 6.15. The lowest BCUT2D eigenvalue weighted by atomic mass is 9.89. The van der Waals surface area contributed by atoms with Gasteiger partial charge in [-0.15, -0.1) is 0 Å². The molecule has 1 aromatic carbocycles. The summed E-state index contributed by atoms with van der Waals surface area (Å²) in [7, 11) is 2.03. The van der Waals surface area contributed by atoms with Gasteiger partial charge in [-0.05, 0) is 50.4 Å². The predicted molar refractivity (Wildman–Crippen MR) is 101 cm³/mol. The van der Waals surface area contributed by atoms with E-state index in [1.165, 1.54) is 12.1 Å². The van der Waals surface area contributed by atoms with Gasteiger partial charge in [-0.2, -0.15) is 0 Å². The quantitative estimate of drug-likeness (QED) is 0.679. The second-order valence-electron chi connectivity index (χ2n) is 8.12. The Morgan fingerprint density at radius 2 is 1.74 bits per heavy atom. The van der Waals surface area contributed by atoms with Crippen molar-refractivity contribution in [3.8, 4) is 0 Å². The molecule has 3 rings (SSSR count). The highest BCUT2D eigenvalue weighted by Gasteiger charge is 2.42. The zero-order chi connectivity index (χ0) is 19.5. The van der Waals surface area contributed by atoms with Crippen LogP contribution in [-0.2, 0) is 11.3 Å². The van der Waals surface area contributed by atoms with Gasteiger partial charge in [-0.3, -0.25) is 4.79 Å². The number of likely N-dealkylation sites (tertiary alicyclic amines) is 2. The van der Waals surface area contributed by atoms with Crippen LogP contribution in [-0.4, -0.2) is 76.9 Å². The summed E-state index contributed by atoms with van der Waals surface area (Å²) in [4.78, 5) is 16.6. The summed E-state index contributed by atoms with van der Waals surface area (Å²) in [5, 5.41) is 24.7. The third-order valence-electron chi connectivity index (χ3n) is 5.78. The molecule has 0 radical (unpaired) electrons. The number of hydrogen-bond acceptors (Lipinski definition) is 5. The van der Waals surface area contributed by atoms with E-state index >= 15 is 0 Å². The van der Waals surface area contributed by atoms with E-state index < -0.39 is 11.2 Å². The summed E-state index contributed by atoms with van der Waals surface area (Å²) in [6.07, 6.45) is 2.47. The van der Waals surface area contributed by atoms with E-state index in [0.29, 0.717) is 45.3 Å². The first-order valence-electron chi connectivity index (χ1n) is 9.68. The van der Waals surface area contributed by atoms with Crippen LogP contribution in [0.2, 0.25) is 0 Å². The van der Waals surface area contributed by atoms with Crippen molar-refractivity contribution in [1.29, 1.82) is 0 Å². The first-order valence-corrected chi connectivity index (χ1v) is 9.68. The van der Waals surface area contributed by atoms with E-state index in [9.17, 15) is 19.4 Å². The first-order chi connectivity index (χ1) is 12.8. The second kappa shape index (κ2) is 8.22. The van der Waals surface area contributed by atoms with Crippen molar-refractivity contribution in [3.63, 3.8) is 0 Å². The van der Waals surface area contributed by atoms with Crippen molar-refractivity contribution in [2.75, 3.05) is 39.8 Å². The Bertz CT molecular complexity index is 646. The van der Waals surface area contributed by atoms with Crippen LogP contribution in [0.15, 0.2) is 24.3 Å². The fourth-order valence-corrected chi connectivity index (χ4v) is 3.90. The van der Waals surface area contributed by atoms with Crippen molar-refractivity contribution in [2.24, 2.45) is 0 Å². The number of carbonyl (C=O) groups excluding carboxylic acids is 1. The summed E-state index contributed by atoms with van der Waals surface area (Å²) < 4.78 is 13.1. The number of amides is 1. The molecule has 2 heterocycles. The lowest BCUT2D eigenvalue weighted by Gasteiger charge is -2.40. The standard InChI is InChI=1S/C20H30FN3O3/c1-23-11-8-19(26,9-12-23)14-22-15-20(27)7-2-10-24(18(20)25)13-16-3-5-17(21)6-4-16/h3-6,22,26-27H,2,7-15H2,1H3/t20-/m0/s1. The molecular weight excluding hydrogens is 349 g/mol. The van der Waals surface area contributed by atoms with Gasteiger partial charge in [0.25, 0.3) is 5.91 Å². The predicted octanol–water partition coefficient (Wildman–Crippen LogP) is 0.725. The molecule has 2 aliphatic rings. The van der Waals surface area contributed by atoms with Crippen molar-refractivity contribution in [2.45, 2.75) is 43.4 Å². The largest absolute Gasteiger partial charge is 0.388 e. The molecule has 2 aliphatic heterocycles. The second-order valence-corrected chi connectivity index (χ2v) is 8.12. The van der Waals surface area contributed by atoms with Crippen LogP contribution in [0.5, 0.6) is 0 Å². The van der Waals surface area contributed by atoms with E-state index in [0.717, 1.165) is 18.7 Å². The highest BCUT2D eigenvalue weighted by Crippen LogP contribution is 2.25. The molecule has 0 bridgehead atoms. The van der Waals surface area contributed by atoms with E-state index in [1.807, 2.05) is 7.05 Å². The van der Waals surface area contributed by atoms with Crippen LogP contribution in [0, 0.1) is 5.82 Å². The summed E-state index contributed by atoms with van der Waals surface area (Å²) in [6.45, 7) is 3.12. The smallest absolute Gasteiger partial charge is 0.256 e. The van der Waals surface area contributed by atoms with Crippen LogP contribution in [0.25, 0.3) is 0 Å². The van der Waals surface area contributed by atoms with Crippen LogP contribution < -0.4 is 5.32 Å². The Balaban J connectivity index is 1.54. The fourth-order valence-electron chi connectivity index (χ4n) is 3.90. The monoisotopic (exact) mass is 379 g/mol. The number of benzene rings is 1. The fraction of sp³-hybridized carbons (Fsp3) is 0.650. The number of nitrogens with zero attached hydrogens (tertiary/aromatic N) is 2. The summed E-state index contributed by atoms with van der Waals surface area (Å²) >= 11 is 0. The van der Waals surface area contributed by atoms with Gasteiger partial charge in [0.1, 0.15) is 5.82 Å². The summed E-state index contributed by atoms with van der Waals surface area (Å²) in [6, 6.07) is 6.06. The molecule has 1 atom stereocenters. The molecule has 0 spiro atoms. The van der Waals surface area contributed by atoms with Crippen LogP contribution in [0.1, 0.15) is 31.2 Å². The van der Waals surface area contributed by atoms with E-state index in [1.54, 1.807) is 17.0 Å². The molecule has 2 fully saturated rings. The Morgan fingerprint density at radius 3 is 2.41 bits per heavy atom. The van der Waals surface area contributed by atoms with Crippen LogP contribution in [0.3, 0.4) is 0 Å². The lowest BCUT2D eigenvalue weighted by molar-refractivity contribution is -0.157. The van der Waals surface area contributed by atoms with Crippen molar-refractivity contribution >= 4 is 5.91 Å². The van der Waals surface area contributed by atoms with Crippen molar-refractivity contribution in [1.82, 2.24) is 15.1 Å². The Morgan fingerprint density at radius 1 is 1.07 bits per heavy atom. The number of nitrogens with one attached hydrogen (secondary N) is 1. The third-order valence-corrected chi connectivity index (χ3v) is 5.78. The SMILES string of the molecule is CN1CCC(O)(CNC[C@@]2(O)CCCN(Cc3ccc(F)cc3)C2=O)CC1. The maximum atomic E-state index is 13.1. The summed E-state index contributed by atoms with van der Waals surface area (Å²) in [5.41, 5.74) is -1.41. The molecule has 1 amide bonds. The number of carbonyl (C=O) groups is 1. The van der Waals surface area contributed by atoms with Gasteiger partial charge < -0.3 is 25.3 Å². The Labute approximate surface area is 160 Å². The van der Waals surface area contributed by atoms with E-state index in [4.69, 9.17) is 0 Å². The molecule has 150 valence electrons. The lowest BCUT2D eigenvalue weighted by Crippen LogP contribution is -2.59. The maximum Gasteiger partial charge on any atom is 0.256 e. The average Bonchev–Trinajstić information content (AvgIpc) is 2.64. The number of hydrogen-bond donors (Lipinski definition) is 3.